The Morgan fingerprint density at radius 1 is 1.11 bits per heavy atom. The molecule has 0 spiro atoms. The molecular weight excluding hydrogens is 234 g/mol. The zero-order chi connectivity index (χ0) is 14.3. The summed E-state index contributed by atoms with van der Waals surface area (Å²) in [5.74, 6) is -1.78. The molecule has 0 aliphatic heterocycles. The zero-order valence-electron chi connectivity index (χ0n) is 11.8. The van der Waals surface area contributed by atoms with Crippen LogP contribution in [0.2, 0.25) is 0 Å². The Hall–Kier alpha value is -1.25. The molecule has 0 fully saturated rings. The van der Waals surface area contributed by atoms with Gasteiger partial charge in [-0.05, 0) is 30.5 Å². The molecule has 0 heterocycles. The Morgan fingerprint density at radius 3 is 2.11 bits per heavy atom. The van der Waals surface area contributed by atoms with Gasteiger partial charge < -0.3 is 0 Å². The Kier molecular flexibility index (Phi) is 7.41. The van der Waals surface area contributed by atoms with Gasteiger partial charge in [0.2, 0.25) is 0 Å². The predicted octanol–water partition coefficient (Wildman–Crippen LogP) is 4.86. The molecule has 1 rings (SSSR count). The van der Waals surface area contributed by atoms with Crippen molar-refractivity contribution in [2.75, 3.05) is 0 Å². The molecule has 3 heteroatoms. The quantitative estimate of drug-likeness (QED) is 0.703. The van der Waals surface area contributed by atoms with Crippen LogP contribution in [-0.2, 0) is 0 Å². The molecule has 1 nitrogen and oxygen atoms in total. The highest BCUT2D eigenvalue weighted by molar-refractivity contribution is 5.97. The van der Waals surface area contributed by atoms with E-state index in [9.17, 15) is 13.6 Å². The highest BCUT2D eigenvalue weighted by Crippen LogP contribution is 2.18. The fraction of sp³-hybridized carbons (Fsp3) is 0.533. The number of hydrogen-bond acceptors (Lipinski definition) is 1. The normalized spacial score (nSPS) is 11.8. The Bertz CT molecular complexity index is 386. The summed E-state index contributed by atoms with van der Waals surface area (Å²) >= 11 is 0. The van der Waals surface area contributed by atoms with Crippen molar-refractivity contribution in [3.8, 4) is 0 Å². The average molecular weight is 256 g/mol. The first kappa shape index (κ1) is 16.8. The summed E-state index contributed by atoms with van der Waals surface area (Å²) in [5.41, 5.74) is 0.243. The Balaban J connectivity index is 0.00000137. The smallest absolute Gasteiger partial charge is 0.165 e. The van der Waals surface area contributed by atoms with Gasteiger partial charge in [0.25, 0.3) is 0 Å². The minimum absolute atomic E-state index is 0.132. The summed E-state index contributed by atoms with van der Waals surface area (Å²) in [6.07, 6.45) is 0.748. The van der Waals surface area contributed by atoms with Crippen LogP contribution in [-0.4, -0.2) is 5.78 Å². The Labute approximate surface area is 108 Å². The summed E-state index contributed by atoms with van der Waals surface area (Å²) in [6.45, 7) is 9.85. The molecule has 0 N–H and O–H groups in total. The van der Waals surface area contributed by atoms with Crippen LogP contribution in [0.5, 0.6) is 0 Å². The average Bonchev–Trinajstić information content (AvgIpc) is 2.33. The SMILES string of the molecule is CC.CC(C)CC(C)C(=O)c1ccc(F)c(F)c1. The Morgan fingerprint density at radius 2 is 1.67 bits per heavy atom. The van der Waals surface area contributed by atoms with Crippen molar-refractivity contribution in [1.29, 1.82) is 0 Å². The van der Waals surface area contributed by atoms with E-state index in [2.05, 4.69) is 0 Å². The molecule has 1 aromatic rings. The molecule has 0 bridgehead atoms. The van der Waals surface area contributed by atoms with E-state index in [1.165, 1.54) is 6.07 Å². The number of rotatable bonds is 4. The van der Waals surface area contributed by atoms with E-state index >= 15 is 0 Å². The number of benzene rings is 1. The molecule has 1 aromatic carbocycles. The van der Waals surface area contributed by atoms with Crippen LogP contribution in [0.1, 0.15) is 51.4 Å². The van der Waals surface area contributed by atoms with E-state index in [1.807, 2.05) is 34.6 Å². The van der Waals surface area contributed by atoms with Crippen molar-refractivity contribution in [3.63, 3.8) is 0 Å². The minimum atomic E-state index is -0.970. The fourth-order valence-electron chi connectivity index (χ4n) is 1.75. The van der Waals surface area contributed by atoms with Crippen LogP contribution in [0.4, 0.5) is 8.78 Å². The summed E-state index contributed by atoms with van der Waals surface area (Å²) in [7, 11) is 0. The summed E-state index contributed by atoms with van der Waals surface area (Å²) < 4.78 is 25.6. The van der Waals surface area contributed by atoms with Gasteiger partial charge in [-0.15, -0.1) is 0 Å². The third-order valence-electron chi connectivity index (χ3n) is 2.48. The van der Waals surface area contributed by atoms with Crippen molar-refractivity contribution >= 4 is 5.78 Å². The van der Waals surface area contributed by atoms with E-state index in [0.29, 0.717) is 5.92 Å². The first-order chi connectivity index (χ1) is 8.41. The number of hydrogen-bond donors (Lipinski definition) is 0. The first-order valence-electron chi connectivity index (χ1n) is 6.41. The van der Waals surface area contributed by atoms with Gasteiger partial charge in [0.1, 0.15) is 0 Å². The van der Waals surface area contributed by atoms with E-state index < -0.39 is 11.6 Å². The van der Waals surface area contributed by atoms with Crippen LogP contribution in [0.3, 0.4) is 0 Å². The van der Waals surface area contributed by atoms with Crippen LogP contribution < -0.4 is 0 Å². The maximum Gasteiger partial charge on any atom is 0.165 e. The van der Waals surface area contributed by atoms with Crippen molar-refractivity contribution in [2.45, 2.75) is 41.0 Å². The minimum Gasteiger partial charge on any atom is -0.294 e. The molecule has 0 radical (unpaired) electrons. The molecule has 0 aliphatic rings. The van der Waals surface area contributed by atoms with Gasteiger partial charge in [-0.3, -0.25) is 4.79 Å². The number of halogens is 2. The summed E-state index contributed by atoms with van der Waals surface area (Å²) in [5, 5.41) is 0. The number of ketones is 1. The first-order valence-corrected chi connectivity index (χ1v) is 6.41. The van der Waals surface area contributed by atoms with Crippen LogP contribution in [0, 0.1) is 23.5 Å². The molecular formula is C15H22F2O. The molecule has 0 aromatic heterocycles. The summed E-state index contributed by atoms with van der Waals surface area (Å²) in [4.78, 5) is 11.9. The number of Topliss-reactive ketones (excluding diaryl/α,β-unsaturated/α-hetero) is 1. The van der Waals surface area contributed by atoms with Gasteiger partial charge >= 0.3 is 0 Å². The molecule has 0 aliphatic carbocycles. The van der Waals surface area contributed by atoms with Gasteiger partial charge in [0, 0.05) is 11.5 Å². The van der Waals surface area contributed by atoms with Crippen molar-refractivity contribution in [1.82, 2.24) is 0 Å². The van der Waals surface area contributed by atoms with Gasteiger partial charge in [-0.25, -0.2) is 8.78 Å². The molecule has 18 heavy (non-hydrogen) atoms. The lowest BCUT2D eigenvalue weighted by Crippen LogP contribution is -2.14. The maximum absolute atomic E-state index is 12.9. The van der Waals surface area contributed by atoms with E-state index in [4.69, 9.17) is 0 Å². The van der Waals surface area contributed by atoms with E-state index in [-0.39, 0.29) is 17.3 Å². The maximum atomic E-state index is 12.9. The van der Waals surface area contributed by atoms with Gasteiger partial charge in [0.05, 0.1) is 0 Å². The number of carbonyl (C=O) groups is 1. The highest BCUT2D eigenvalue weighted by atomic mass is 19.2. The van der Waals surface area contributed by atoms with Crippen molar-refractivity contribution < 1.29 is 13.6 Å². The third kappa shape index (κ3) is 4.94. The third-order valence-corrected chi connectivity index (χ3v) is 2.48. The molecule has 1 unspecified atom stereocenters. The summed E-state index contributed by atoms with van der Waals surface area (Å²) in [6, 6.07) is 3.29. The molecule has 0 amide bonds. The lowest BCUT2D eigenvalue weighted by molar-refractivity contribution is 0.0915. The van der Waals surface area contributed by atoms with E-state index in [0.717, 1.165) is 18.6 Å². The van der Waals surface area contributed by atoms with Crippen LogP contribution in [0.15, 0.2) is 18.2 Å². The fourth-order valence-corrected chi connectivity index (χ4v) is 1.75. The zero-order valence-corrected chi connectivity index (χ0v) is 11.8. The highest BCUT2D eigenvalue weighted by Gasteiger charge is 2.17. The van der Waals surface area contributed by atoms with Crippen molar-refractivity contribution in [2.24, 2.45) is 11.8 Å². The topological polar surface area (TPSA) is 17.1 Å². The predicted molar refractivity (Wildman–Crippen MR) is 70.7 cm³/mol. The second-order valence-electron chi connectivity index (χ2n) is 4.52. The standard InChI is InChI=1S/C13H16F2O.C2H6/c1-8(2)6-9(3)13(16)10-4-5-11(14)12(15)7-10;1-2/h4-5,7-9H,6H2,1-3H3;1-2H3. The van der Waals surface area contributed by atoms with Gasteiger partial charge in [-0.1, -0.05) is 34.6 Å². The second kappa shape index (κ2) is 7.96. The lowest BCUT2D eigenvalue weighted by atomic mass is 9.91. The second-order valence-corrected chi connectivity index (χ2v) is 4.52. The molecule has 102 valence electrons. The van der Waals surface area contributed by atoms with Crippen LogP contribution in [0.25, 0.3) is 0 Å². The number of carbonyl (C=O) groups excluding carboxylic acids is 1. The van der Waals surface area contributed by atoms with Crippen molar-refractivity contribution in [3.05, 3.63) is 35.4 Å². The molecule has 1 atom stereocenters. The van der Waals surface area contributed by atoms with Gasteiger partial charge in [0.15, 0.2) is 17.4 Å². The van der Waals surface area contributed by atoms with Crippen LogP contribution >= 0.6 is 0 Å². The van der Waals surface area contributed by atoms with E-state index in [1.54, 1.807) is 0 Å². The largest absolute Gasteiger partial charge is 0.294 e. The molecule has 0 saturated carbocycles. The monoisotopic (exact) mass is 256 g/mol. The lowest BCUT2D eigenvalue weighted by Gasteiger charge is -2.12. The molecule has 0 saturated heterocycles. The van der Waals surface area contributed by atoms with Gasteiger partial charge in [-0.2, -0.15) is 0 Å².